The lowest BCUT2D eigenvalue weighted by molar-refractivity contribution is 0.102. The van der Waals surface area contributed by atoms with E-state index < -0.39 is 15.9 Å². The number of methoxy groups -OCH3 is 1. The van der Waals surface area contributed by atoms with E-state index in [0.29, 0.717) is 28.3 Å². The fourth-order valence-electron chi connectivity index (χ4n) is 3.65. The molecule has 168 valence electrons. The van der Waals surface area contributed by atoms with Gasteiger partial charge in [0, 0.05) is 12.7 Å². The standard InChI is InChI=1S/C25H28N2O4S/c1-16-15-17(2)19(4)24(18(16)3)32(29,30)27(5)23-10-8-7-9-22(23)25(28)26-20-11-13-21(31-6)14-12-20/h7-15H,1-6H3,(H,26,28). The van der Waals surface area contributed by atoms with Crippen LogP contribution in [-0.2, 0) is 10.0 Å². The Morgan fingerprint density at radius 2 is 1.47 bits per heavy atom. The average molecular weight is 453 g/mol. The third-order valence-corrected chi connectivity index (χ3v) is 7.80. The molecule has 0 aliphatic heterocycles. The molecule has 1 amide bonds. The summed E-state index contributed by atoms with van der Waals surface area (Å²) in [4.78, 5) is 13.3. The van der Waals surface area contributed by atoms with Gasteiger partial charge in [-0.05, 0) is 86.3 Å². The van der Waals surface area contributed by atoms with Crippen LogP contribution in [0.1, 0.15) is 32.6 Å². The van der Waals surface area contributed by atoms with Gasteiger partial charge in [0.1, 0.15) is 5.75 Å². The van der Waals surface area contributed by atoms with E-state index in [-0.39, 0.29) is 10.5 Å². The number of hydrogen-bond acceptors (Lipinski definition) is 4. The van der Waals surface area contributed by atoms with Crippen LogP contribution in [-0.4, -0.2) is 28.5 Å². The molecule has 1 N–H and O–H groups in total. The highest BCUT2D eigenvalue weighted by Gasteiger charge is 2.29. The number of sulfonamides is 1. The molecule has 0 fully saturated rings. The number of anilines is 2. The number of nitrogens with zero attached hydrogens (tertiary/aromatic N) is 1. The van der Waals surface area contributed by atoms with Crippen molar-refractivity contribution in [3.05, 3.63) is 82.4 Å². The lowest BCUT2D eigenvalue weighted by atomic mass is 10.0. The van der Waals surface area contributed by atoms with E-state index in [1.54, 1.807) is 55.6 Å². The Bertz CT molecular complexity index is 1240. The monoisotopic (exact) mass is 452 g/mol. The van der Waals surface area contributed by atoms with Crippen LogP contribution in [0.5, 0.6) is 5.75 Å². The minimum Gasteiger partial charge on any atom is -0.497 e. The van der Waals surface area contributed by atoms with E-state index in [9.17, 15) is 13.2 Å². The predicted molar refractivity (Wildman–Crippen MR) is 128 cm³/mol. The normalized spacial score (nSPS) is 11.2. The average Bonchev–Trinajstić information content (AvgIpc) is 2.77. The van der Waals surface area contributed by atoms with Gasteiger partial charge in [0.15, 0.2) is 0 Å². The van der Waals surface area contributed by atoms with Crippen LogP contribution >= 0.6 is 0 Å². The summed E-state index contributed by atoms with van der Waals surface area (Å²) in [5, 5.41) is 2.82. The largest absolute Gasteiger partial charge is 0.497 e. The van der Waals surface area contributed by atoms with Crippen molar-refractivity contribution in [1.29, 1.82) is 0 Å². The van der Waals surface area contributed by atoms with Crippen molar-refractivity contribution in [1.82, 2.24) is 0 Å². The van der Waals surface area contributed by atoms with Crippen molar-refractivity contribution in [2.75, 3.05) is 23.8 Å². The summed E-state index contributed by atoms with van der Waals surface area (Å²) in [5.41, 5.74) is 4.37. The second kappa shape index (κ2) is 9.04. The molecule has 0 spiro atoms. The molecule has 0 saturated carbocycles. The predicted octanol–water partition coefficient (Wildman–Crippen LogP) is 5.01. The summed E-state index contributed by atoms with van der Waals surface area (Å²) in [7, 11) is -0.853. The lowest BCUT2D eigenvalue weighted by Gasteiger charge is -2.25. The summed E-state index contributed by atoms with van der Waals surface area (Å²) < 4.78 is 33.6. The van der Waals surface area contributed by atoms with E-state index in [4.69, 9.17) is 4.74 Å². The van der Waals surface area contributed by atoms with Gasteiger partial charge in [0.2, 0.25) is 0 Å². The molecule has 3 aromatic carbocycles. The molecule has 32 heavy (non-hydrogen) atoms. The van der Waals surface area contributed by atoms with Gasteiger partial charge in [-0.25, -0.2) is 8.42 Å². The second-order valence-electron chi connectivity index (χ2n) is 7.76. The van der Waals surface area contributed by atoms with E-state index in [0.717, 1.165) is 11.1 Å². The minimum absolute atomic E-state index is 0.258. The number of amides is 1. The molecule has 0 saturated heterocycles. The summed E-state index contributed by atoms with van der Waals surface area (Å²) in [6, 6.07) is 15.6. The molecular weight excluding hydrogens is 424 g/mol. The quantitative estimate of drug-likeness (QED) is 0.571. The second-order valence-corrected chi connectivity index (χ2v) is 9.67. The highest BCUT2D eigenvalue weighted by molar-refractivity contribution is 7.93. The van der Waals surface area contributed by atoms with E-state index >= 15 is 0 Å². The van der Waals surface area contributed by atoms with Gasteiger partial charge in [0.05, 0.1) is 23.3 Å². The maximum Gasteiger partial charge on any atom is 0.264 e. The summed E-state index contributed by atoms with van der Waals surface area (Å²) in [5.74, 6) is 0.273. The van der Waals surface area contributed by atoms with Gasteiger partial charge >= 0.3 is 0 Å². The number of rotatable bonds is 6. The molecule has 0 aliphatic carbocycles. The van der Waals surface area contributed by atoms with Gasteiger partial charge in [-0.1, -0.05) is 18.2 Å². The first-order chi connectivity index (χ1) is 15.1. The van der Waals surface area contributed by atoms with Crippen LogP contribution in [0.15, 0.2) is 59.5 Å². The number of carbonyl (C=O) groups excluding carboxylic acids is 1. The molecule has 0 bridgehead atoms. The van der Waals surface area contributed by atoms with Gasteiger partial charge < -0.3 is 10.1 Å². The van der Waals surface area contributed by atoms with Crippen LogP contribution in [0, 0.1) is 27.7 Å². The van der Waals surface area contributed by atoms with Crippen molar-refractivity contribution >= 4 is 27.3 Å². The smallest absolute Gasteiger partial charge is 0.264 e. The zero-order valence-electron chi connectivity index (χ0n) is 19.2. The molecule has 0 atom stereocenters. The SMILES string of the molecule is COc1ccc(NC(=O)c2ccccc2N(C)S(=O)(=O)c2c(C)c(C)cc(C)c2C)cc1. The lowest BCUT2D eigenvalue weighted by Crippen LogP contribution is -2.30. The molecule has 0 radical (unpaired) electrons. The molecule has 3 rings (SSSR count). The van der Waals surface area contributed by atoms with Crippen LogP contribution in [0.3, 0.4) is 0 Å². The number of hydrogen-bond donors (Lipinski definition) is 1. The van der Waals surface area contributed by atoms with E-state index in [1.165, 1.54) is 11.4 Å². The van der Waals surface area contributed by atoms with Crippen molar-refractivity contribution in [2.45, 2.75) is 32.6 Å². The van der Waals surface area contributed by atoms with Gasteiger partial charge in [-0.15, -0.1) is 0 Å². The van der Waals surface area contributed by atoms with Crippen molar-refractivity contribution < 1.29 is 17.9 Å². The van der Waals surface area contributed by atoms with Gasteiger partial charge in [-0.2, -0.15) is 0 Å². The number of nitrogens with one attached hydrogen (secondary N) is 1. The van der Waals surface area contributed by atoms with Crippen molar-refractivity contribution in [3.8, 4) is 5.75 Å². The Labute approximate surface area is 189 Å². The van der Waals surface area contributed by atoms with Crippen molar-refractivity contribution in [3.63, 3.8) is 0 Å². The fourth-order valence-corrected chi connectivity index (χ4v) is 5.43. The molecule has 0 heterocycles. The van der Waals surface area contributed by atoms with E-state index in [2.05, 4.69) is 5.32 Å². The molecule has 3 aromatic rings. The first kappa shape index (κ1) is 23.3. The topological polar surface area (TPSA) is 75.7 Å². The van der Waals surface area contributed by atoms with Crippen LogP contribution < -0.4 is 14.4 Å². The zero-order chi connectivity index (χ0) is 23.6. The Morgan fingerprint density at radius 3 is 2.03 bits per heavy atom. The first-order valence-electron chi connectivity index (χ1n) is 10.2. The molecule has 0 aliphatic rings. The third kappa shape index (κ3) is 4.34. The molecule has 7 heteroatoms. The number of para-hydroxylation sites is 1. The van der Waals surface area contributed by atoms with Gasteiger partial charge in [-0.3, -0.25) is 9.10 Å². The Hall–Kier alpha value is -3.32. The van der Waals surface area contributed by atoms with Crippen LogP contribution in [0.25, 0.3) is 0 Å². The highest BCUT2D eigenvalue weighted by atomic mass is 32.2. The fraction of sp³-hybridized carbons (Fsp3) is 0.240. The highest BCUT2D eigenvalue weighted by Crippen LogP contribution is 2.32. The maximum absolute atomic E-state index is 13.7. The number of aryl methyl sites for hydroxylation is 2. The number of ether oxygens (including phenoxy) is 1. The van der Waals surface area contributed by atoms with Crippen molar-refractivity contribution in [2.24, 2.45) is 0 Å². The number of benzene rings is 3. The van der Waals surface area contributed by atoms with Gasteiger partial charge in [0.25, 0.3) is 15.9 Å². The van der Waals surface area contributed by atoms with E-state index in [1.807, 2.05) is 33.8 Å². The first-order valence-corrected chi connectivity index (χ1v) is 11.6. The Morgan fingerprint density at radius 1 is 0.906 bits per heavy atom. The summed E-state index contributed by atoms with van der Waals surface area (Å²) in [6.07, 6.45) is 0. The number of carbonyl (C=O) groups is 1. The third-order valence-electron chi connectivity index (χ3n) is 5.75. The molecule has 0 aromatic heterocycles. The molecule has 6 nitrogen and oxygen atoms in total. The molecular formula is C25H28N2O4S. The molecule has 0 unspecified atom stereocenters. The van der Waals surface area contributed by atoms with Crippen LogP contribution in [0.4, 0.5) is 11.4 Å². The zero-order valence-corrected chi connectivity index (χ0v) is 20.0. The maximum atomic E-state index is 13.7. The Balaban J connectivity index is 2.01. The summed E-state index contributed by atoms with van der Waals surface area (Å²) in [6.45, 7) is 7.42. The van der Waals surface area contributed by atoms with Crippen LogP contribution in [0.2, 0.25) is 0 Å². The Kier molecular flexibility index (Phi) is 6.60. The summed E-state index contributed by atoms with van der Waals surface area (Å²) >= 11 is 0. The minimum atomic E-state index is -3.90.